The van der Waals surface area contributed by atoms with Gasteiger partial charge in [-0.3, -0.25) is 4.79 Å². The minimum absolute atomic E-state index is 0.0703. The summed E-state index contributed by atoms with van der Waals surface area (Å²) in [7, 11) is 0. The van der Waals surface area contributed by atoms with Crippen molar-refractivity contribution in [3.63, 3.8) is 0 Å². The van der Waals surface area contributed by atoms with E-state index in [0.29, 0.717) is 29.8 Å². The Morgan fingerprint density at radius 3 is 2.74 bits per heavy atom. The average molecular weight is 318 g/mol. The summed E-state index contributed by atoms with van der Waals surface area (Å²) in [5.74, 6) is 1.74. The molecule has 4 saturated carbocycles. The Balaban J connectivity index is 1.60. The second-order valence-corrected chi connectivity index (χ2v) is 10.1. The summed E-state index contributed by atoms with van der Waals surface area (Å²) >= 11 is 0. The van der Waals surface area contributed by atoms with Crippen molar-refractivity contribution in [3.8, 4) is 0 Å². The molecule has 1 aliphatic heterocycles. The zero-order valence-corrected chi connectivity index (χ0v) is 14.6. The second-order valence-electron chi connectivity index (χ2n) is 10.1. The maximum Gasteiger partial charge on any atom is 0.312 e. The van der Waals surface area contributed by atoms with Crippen LogP contribution in [0, 0.1) is 34.0 Å². The average Bonchev–Trinajstić information content (AvgIpc) is 2.68. The van der Waals surface area contributed by atoms with Crippen LogP contribution in [-0.4, -0.2) is 23.3 Å². The van der Waals surface area contributed by atoms with Crippen LogP contribution in [-0.2, 0) is 9.53 Å². The molecule has 1 N–H and O–H groups in total. The van der Waals surface area contributed by atoms with Gasteiger partial charge in [-0.1, -0.05) is 6.42 Å². The summed E-state index contributed by atoms with van der Waals surface area (Å²) in [6.45, 7) is 4.91. The molecule has 1 spiro atoms. The summed E-state index contributed by atoms with van der Waals surface area (Å²) in [4.78, 5) is 12.5. The number of hydrogen-bond acceptors (Lipinski definition) is 3. The molecular weight excluding hydrogens is 288 g/mol. The van der Waals surface area contributed by atoms with Crippen molar-refractivity contribution < 1.29 is 14.6 Å². The smallest absolute Gasteiger partial charge is 0.312 e. The highest BCUT2D eigenvalue weighted by Gasteiger charge is 2.70. The number of cyclic esters (lactones) is 1. The van der Waals surface area contributed by atoms with Gasteiger partial charge in [0.1, 0.15) is 0 Å². The molecule has 128 valence electrons. The summed E-state index contributed by atoms with van der Waals surface area (Å²) in [5.41, 5.74) is -0.174. The lowest BCUT2D eigenvalue weighted by molar-refractivity contribution is -0.233. The van der Waals surface area contributed by atoms with Crippen LogP contribution in [0.4, 0.5) is 0 Å². The monoisotopic (exact) mass is 318 g/mol. The van der Waals surface area contributed by atoms with Gasteiger partial charge in [0.15, 0.2) is 0 Å². The van der Waals surface area contributed by atoms with Gasteiger partial charge in [-0.15, -0.1) is 0 Å². The normalized spacial score (nSPS) is 60.7. The summed E-state index contributed by atoms with van der Waals surface area (Å²) < 4.78 is 5.81. The number of carbonyl (C=O) groups is 1. The van der Waals surface area contributed by atoms with Gasteiger partial charge in [0.2, 0.25) is 0 Å². The predicted molar refractivity (Wildman–Crippen MR) is 86.6 cm³/mol. The highest BCUT2D eigenvalue weighted by Crippen LogP contribution is 2.74. The molecule has 3 heteroatoms. The number of fused-ring (bicyclic) bond motifs is 1. The van der Waals surface area contributed by atoms with Gasteiger partial charge >= 0.3 is 5.97 Å². The fourth-order valence-electron chi connectivity index (χ4n) is 8.36. The number of aliphatic hydroxyl groups is 1. The first kappa shape index (κ1) is 14.7. The standard InChI is InChI=1S/C20H30O3/c1-17-7-3-8-20(12-23-16(17)21)14(17)6-9-19-10-13(4-5-15(19)20)18(2,22)11-19/h13-15,22H,3-12H2,1-2H3/t13-,14-,15+,17+,18-,19+,20+/m1/s1. The van der Waals surface area contributed by atoms with E-state index in [0.717, 1.165) is 12.8 Å². The second kappa shape index (κ2) is 4.15. The van der Waals surface area contributed by atoms with Crippen LogP contribution in [0.2, 0.25) is 0 Å². The summed E-state index contributed by atoms with van der Waals surface area (Å²) in [6, 6.07) is 0. The van der Waals surface area contributed by atoms with E-state index in [1.165, 1.54) is 44.9 Å². The molecule has 3 nitrogen and oxygen atoms in total. The van der Waals surface area contributed by atoms with E-state index < -0.39 is 5.60 Å². The van der Waals surface area contributed by atoms with Crippen molar-refractivity contribution in [1.29, 1.82) is 0 Å². The van der Waals surface area contributed by atoms with Crippen LogP contribution in [0.25, 0.3) is 0 Å². The SMILES string of the molecule is C[C@@]1(O)C[C@@]23CC[C@H]4[C@@]5(CCC[C@]4(C)C(=O)OC5)[C@H]2CC[C@@H]1C3. The van der Waals surface area contributed by atoms with Crippen molar-refractivity contribution in [2.24, 2.45) is 34.0 Å². The van der Waals surface area contributed by atoms with E-state index in [9.17, 15) is 9.90 Å². The highest BCUT2D eigenvalue weighted by atomic mass is 16.5. The van der Waals surface area contributed by atoms with Crippen molar-refractivity contribution in [2.45, 2.75) is 77.2 Å². The van der Waals surface area contributed by atoms with Gasteiger partial charge < -0.3 is 9.84 Å². The molecule has 1 heterocycles. The zero-order valence-electron chi connectivity index (χ0n) is 14.6. The minimum Gasteiger partial charge on any atom is -0.465 e. The van der Waals surface area contributed by atoms with Crippen LogP contribution in [0.1, 0.15) is 71.6 Å². The number of esters is 1. The molecule has 4 aliphatic carbocycles. The van der Waals surface area contributed by atoms with E-state index in [1.807, 2.05) is 0 Å². The lowest BCUT2D eigenvalue weighted by atomic mass is 9.40. The molecule has 0 unspecified atom stereocenters. The molecule has 0 radical (unpaired) electrons. The highest BCUT2D eigenvalue weighted by molar-refractivity contribution is 5.78. The molecule has 0 aromatic carbocycles. The van der Waals surface area contributed by atoms with Crippen molar-refractivity contribution in [3.05, 3.63) is 0 Å². The van der Waals surface area contributed by atoms with Crippen LogP contribution < -0.4 is 0 Å². The molecule has 0 aromatic rings. The fraction of sp³-hybridized carbons (Fsp3) is 0.950. The Bertz CT molecular complexity index is 569. The molecule has 4 bridgehead atoms. The lowest BCUT2D eigenvalue weighted by Gasteiger charge is -2.66. The van der Waals surface area contributed by atoms with Gasteiger partial charge in [0, 0.05) is 5.41 Å². The van der Waals surface area contributed by atoms with E-state index in [4.69, 9.17) is 4.74 Å². The number of carbonyl (C=O) groups excluding carboxylic acids is 1. The zero-order chi connectivity index (χ0) is 16.1. The molecule has 5 fully saturated rings. The van der Waals surface area contributed by atoms with Crippen LogP contribution in [0.5, 0.6) is 0 Å². The number of hydrogen-bond donors (Lipinski definition) is 1. The predicted octanol–water partition coefficient (Wildman–Crippen LogP) is 3.69. The van der Waals surface area contributed by atoms with Crippen molar-refractivity contribution >= 4 is 5.97 Å². The van der Waals surface area contributed by atoms with E-state index in [-0.39, 0.29) is 16.8 Å². The Hall–Kier alpha value is -0.570. The Labute approximate surface area is 139 Å². The van der Waals surface area contributed by atoms with Crippen LogP contribution in [0.3, 0.4) is 0 Å². The van der Waals surface area contributed by atoms with E-state index >= 15 is 0 Å². The topological polar surface area (TPSA) is 46.5 Å². The van der Waals surface area contributed by atoms with Crippen molar-refractivity contribution in [2.75, 3.05) is 6.61 Å². The molecule has 1 saturated heterocycles. The minimum atomic E-state index is -0.471. The lowest BCUT2D eigenvalue weighted by Crippen LogP contribution is -2.64. The first-order chi connectivity index (χ1) is 10.8. The molecule has 5 rings (SSSR count). The maximum atomic E-state index is 12.5. The quantitative estimate of drug-likeness (QED) is 0.693. The Kier molecular flexibility index (Phi) is 2.66. The third-order valence-corrected chi connectivity index (χ3v) is 9.15. The van der Waals surface area contributed by atoms with Gasteiger partial charge in [-0.05, 0) is 88.4 Å². The molecule has 0 amide bonds. The maximum absolute atomic E-state index is 12.5. The third-order valence-electron chi connectivity index (χ3n) is 9.15. The fourth-order valence-corrected chi connectivity index (χ4v) is 8.36. The molecule has 0 aromatic heterocycles. The van der Waals surface area contributed by atoms with Gasteiger partial charge in [-0.2, -0.15) is 0 Å². The van der Waals surface area contributed by atoms with E-state index in [1.54, 1.807) is 0 Å². The number of rotatable bonds is 0. The first-order valence-electron chi connectivity index (χ1n) is 9.72. The van der Waals surface area contributed by atoms with Crippen LogP contribution >= 0.6 is 0 Å². The van der Waals surface area contributed by atoms with Gasteiger partial charge in [-0.25, -0.2) is 0 Å². The molecule has 5 aliphatic rings. The largest absolute Gasteiger partial charge is 0.465 e. The Morgan fingerprint density at radius 2 is 1.91 bits per heavy atom. The Morgan fingerprint density at radius 1 is 1.09 bits per heavy atom. The third kappa shape index (κ3) is 1.59. The van der Waals surface area contributed by atoms with Gasteiger partial charge in [0.05, 0.1) is 17.6 Å². The molecule has 7 atom stereocenters. The van der Waals surface area contributed by atoms with Crippen LogP contribution in [0.15, 0.2) is 0 Å². The van der Waals surface area contributed by atoms with Gasteiger partial charge in [0.25, 0.3) is 0 Å². The van der Waals surface area contributed by atoms with Crippen molar-refractivity contribution in [1.82, 2.24) is 0 Å². The number of ether oxygens (including phenoxy) is 1. The molecule has 23 heavy (non-hydrogen) atoms. The van der Waals surface area contributed by atoms with E-state index in [2.05, 4.69) is 13.8 Å². The molecular formula is C20H30O3. The first-order valence-corrected chi connectivity index (χ1v) is 9.72. The summed E-state index contributed by atoms with van der Waals surface area (Å²) in [6.07, 6.45) is 10.4. The summed E-state index contributed by atoms with van der Waals surface area (Å²) in [5, 5.41) is 10.9.